The van der Waals surface area contributed by atoms with Crippen LogP contribution in [0.2, 0.25) is 0 Å². The molecular weight excluding hydrogens is 464 g/mol. The van der Waals surface area contributed by atoms with Gasteiger partial charge in [-0.25, -0.2) is 12.8 Å². The molecule has 0 bridgehead atoms. The Kier molecular flexibility index (Phi) is 5.68. The summed E-state index contributed by atoms with van der Waals surface area (Å²) in [5, 5.41) is 1.21. The summed E-state index contributed by atoms with van der Waals surface area (Å²) >= 11 is 1.22. The largest absolute Gasteiger partial charge is 0.419 e. The van der Waals surface area contributed by atoms with Crippen molar-refractivity contribution in [3.63, 3.8) is 0 Å². The number of alkyl halides is 3. The lowest BCUT2D eigenvalue weighted by Crippen LogP contribution is -2.30. The van der Waals surface area contributed by atoms with Crippen LogP contribution in [0.5, 0.6) is 0 Å². The van der Waals surface area contributed by atoms with Gasteiger partial charge in [-0.2, -0.15) is 13.2 Å². The topological polar surface area (TPSA) is 50.3 Å². The first-order chi connectivity index (χ1) is 15.1. The summed E-state index contributed by atoms with van der Waals surface area (Å²) in [7, 11) is -4.17. The molecule has 0 aliphatic carbocycles. The summed E-state index contributed by atoms with van der Waals surface area (Å²) in [6.45, 7) is 1.35. The van der Waals surface area contributed by atoms with Crippen LogP contribution in [-0.4, -0.2) is 13.4 Å². The van der Waals surface area contributed by atoms with Crippen molar-refractivity contribution in [1.82, 2.24) is 4.98 Å². The number of pyridine rings is 1. The van der Waals surface area contributed by atoms with Gasteiger partial charge in [0.25, 0.3) is 10.0 Å². The molecule has 2 heterocycles. The lowest BCUT2D eigenvalue weighted by molar-refractivity contribution is -0.140. The van der Waals surface area contributed by atoms with Gasteiger partial charge in [0.05, 0.1) is 12.1 Å². The predicted molar refractivity (Wildman–Crippen MR) is 116 cm³/mol. The SMILES string of the molecule is Cc1c(N(Cc2ccc(F)c(C(F)(F)F)c2)S(=O)(=O)c2cccnc2)sc2ccccc12. The zero-order valence-electron chi connectivity index (χ0n) is 16.6. The Bertz CT molecular complexity index is 1380. The molecule has 10 heteroatoms. The highest BCUT2D eigenvalue weighted by atomic mass is 32.2. The number of thiophene rings is 1. The van der Waals surface area contributed by atoms with E-state index in [1.54, 1.807) is 6.92 Å². The van der Waals surface area contributed by atoms with Gasteiger partial charge in [-0.3, -0.25) is 9.29 Å². The van der Waals surface area contributed by atoms with Crippen LogP contribution in [0.15, 0.2) is 71.9 Å². The van der Waals surface area contributed by atoms with Gasteiger partial charge < -0.3 is 0 Å². The summed E-state index contributed by atoms with van der Waals surface area (Å²) in [5.74, 6) is -1.42. The van der Waals surface area contributed by atoms with E-state index in [1.807, 2.05) is 24.3 Å². The van der Waals surface area contributed by atoms with Crippen LogP contribution >= 0.6 is 11.3 Å². The Balaban J connectivity index is 1.88. The summed E-state index contributed by atoms with van der Waals surface area (Å²) < 4.78 is 82.3. The number of aromatic nitrogens is 1. The van der Waals surface area contributed by atoms with Crippen molar-refractivity contribution in [2.75, 3.05) is 4.31 Å². The third kappa shape index (κ3) is 4.07. The minimum absolute atomic E-state index is 0.00282. The third-order valence-corrected chi connectivity index (χ3v) is 8.07. The second-order valence-corrected chi connectivity index (χ2v) is 9.93. The highest BCUT2D eigenvalue weighted by Gasteiger charge is 2.35. The van der Waals surface area contributed by atoms with E-state index in [0.717, 1.165) is 20.5 Å². The van der Waals surface area contributed by atoms with Gasteiger partial charge in [0.2, 0.25) is 0 Å². The fourth-order valence-corrected chi connectivity index (χ4v) is 6.24. The minimum Gasteiger partial charge on any atom is -0.263 e. The number of benzene rings is 2. The quantitative estimate of drug-likeness (QED) is 0.322. The summed E-state index contributed by atoms with van der Waals surface area (Å²) in [6.07, 6.45) is -2.30. The van der Waals surface area contributed by atoms with Gasteiger partial charge in [0.1, 0.15) is 15.7 Å². The molecule has 0 aliphatic rings. The van der Waals surface area contributed by atoms with E-state index in [-0.39, 0.29) is 10.5 Å². The van der Waals surface area contributed by atoms with Crippen LogP contribution in [-0.2, 0) is 22.7 Å². The molecule has 0 N–H and O–H groups in total. The van der Waals surface area contributed by atoms with Crippen molar-refractivity contribution >= 4 is 36.4 Å². The Labute approximate surface area is 185 Å². The molecule has 0 atom stereocenters. The first-order valence-electron chi connectivity index (χ1n) is 9.35. The second-order valence-electron chi connectivity index (χ2n) is 7.04. The number of hydrogen-bond acceptors (Lipinski definition) is 4. The Morgan fingerprint density at radius 1 is 1.06 bits per heavy atom. The Hall–Kier alpha value is -2.98. The van der Waals surface area contributed by atoms with Crippen molar-refractivity contribution in [2.24, 2.45) is 0 Å². The molecule has 166 valence electrons. The molecule has 4 nitrogen and oxygen atoms in total. The molecule has 2 aromatic heterocycles. The molecule has 0 amide bonds. The number of aryl methyl sites for hydroxylation is 1. The Morgan fingerprint density at radius 2 is 1.81 bits per heavy atom. The zero-order chi connectivity index (χ0) is 23.1. The normalized spacial score (nSPS) is 12.3. The third-order valence-electron chi connectivity index (χ3n) is 4.93. The Morgan fingerprint density at radius 3 is 2.47 bits per heavy atom. The van der Waals surface area contributed by atoms with Gasteiger partial charge in [-0.05, 0) is 53.8 Å². The maximum absolute atomic E-state index is 13.8. The molecule has 4 rings (SSSR count). The first-order valence-corrected chi connectivity index (χ1v) is 11.6. The molecular formula is C22H16F4N2O2S2. The number of halogens is 4. The van der Waals surface area contributed by atoms with E-state index in [1.165, 1.54) is 35.9 Å². The van der Waals surface area contributed by atoms with Crippen LogP contribution in [0, 0.1) is 12.7 Å². The van der Waals surface area contributed by atoms with Gasteiger partial charge in [0.15, 0.2) is 0 Å². The average molecular weight is 481 g/mol. The molecule has 32 heavy (non-hydrogen) atoms. The van der Waals surface area contributed by atoms with Gasteiger partial charge in [-0.1, -0.05) is 24.3 Å². The van der Waals surface area contributed by atoms with E-state index in [4.69, 9.17) is 0 Å². The summed E-state index contributed by atoms with van der Waals surface area (Å²) in [6, 6.07) is 12.6. The van der Waals surface area contributed by atoms with E-state index < -0.39 is 34.1 Å². The fourth-order valence-electron chi connectivity index (χ4n) is 3.35. The van der Waals surface area contributed by atoms with Gasteiger partial charge in [-0.15, -0.1) is 11.3 Å². The number of rotatable bonds is 5. The van der Waals surface area contributed by atoms with Crippen LogP contribution < -0.4 is 4.31 Å². The van der Waals surface area contributed by atoms with Crippen LogP contribution in [0.3, 0.4) is 0 Å². The molecule has 0 aliphatic heterocycles. The van der Waals surface area contributed by atoms with Crippen LogP contribution in [0.25, 0.3) is 10.1 Å². The van der Waals surface area contributed by atoms with Gasteiger partial charge >= 0.3 is 6.18 Å². The second kappa shape index (κ2) is 8.18. The van der Waals surface area contributed by atoms with Crippen molar-refractivity contribution in [3.05, 3.63) is 89.5 Å². The average Bonchev–Trinajstić information content (AvgIpc) is 3.09. The minimum atomic E-state index is -4.90. The van der Waals surface area contributed by atoms with Crippen LogP contribution in [0.1, 0.15) is 16.7 Å². The van der Waals surface area contributed by atoms with E-state index in [0.29, 0.717) is 22.7 Å². The monoisotopic (exact) mass is 480 g/mol. The highest BCUT2D eigenvalue weighted by molar-refractivity contribution is 7.93. The lowest BCUT2D eigenvalue weighted by Gasteiger charge is -2.24. The van der Waals surface area contributed by atoms with Gasteiger partial charge in [0, 0.05) is 17.1 Å². The molecule has 0 unspecified atom stereocenters. The van der Waals surface area contributed by atoms with Crippen LogP contribution in [0.4, 0.5) is 22.6 Å². The summed E-state index contributed by atoms with van der Waals surface area (Å²) in [5.41, 5.74) is -0.763. The highest BCUT2D eigenvalue weighted by Crippen LogP contribution is 2.41. The van der Waals surface area contributed by atoms with Crippen molar-refractivity contribution in [1.29, 1.82) is 0 Å². The lowest BCUT2D eigenvalue weighted by atomic mass is 10.1. The number of fused-ring (bicyclic) bond motifs is 1. The van der Waals surface area contributed by atoms with E-state index in [9.17, 15) is 26.0 Å². The first kappa shape index (κ1) is 22.2. The zero-order valence-corrected chi connectivity index (χ0v) is 18.2. The predicted octanol–water partition coefficient (Wildman–Crippen LogP) is 6.16. The number of nitrogens with zero attached hydrogens (tertiary/aromatic N) is 2. The maximum Gasteiger partial charge on any atom is 0.419 e. The smallest absolute Gasteiger partial charge is 0.263 e. The number of sulfonamides is 1. The number of hydrogen-bond donors (Lipinski definition) is 0. The molecule has 0 spiro atoms. The standard InChI is InChI=1S/C22H16F4N2O2S2/c1-14-17-6-2-3-7-20(17)31-21(14)28(32(29,30)16-5-4-10-27-12-16)13-15-8-9-19(23)18(11-15)22(24,25)26/h2-12H,13H2,1H3. The van der Waals surface area contributed by atoms with Crippen molar-refractivity contribution in [2.45, 2.75) is 24.5 Å². The molecule has 2 aromatic carbocycles. The van der Waals surface area contributed by atoms with Crippen molar-refractivity contribution in [3.8, 4) is 0 Å². The molecule has 0 radical (unpaired) electrons. The number of anilines is 1. The summed E-state index contributed by atoms with van der Waals surface area (Å²) in [4.78, 5) is 3.75. The molecule has 4 aromatic rings. The van der Waals surface area contributed by atoms with E-state index in [2.05, 4.69) is 4.98 Å². The fraction of sp³-hybridized carbons (Fsp3) is 0.136. The van der Waals surface area contributed by atoms with E-state index >= 15 is 0 Å². The molecule has 0 fully saturated rings. The molecule has 0 saturated carbocycles. The maximum atomic E-state index is 13.8. The van der Waals surface area contributed by atoms with Crippen molar-refractivity contribution < 1.29 is 26.0 Å². The molecule has 0 saturated heterocycles.